The maximum absolute atomic E-state index is 6.91. The number of hydrogen-bond acceptors (Lipinski definition) is 2. The Bertz CT molecular complexity index is 188. The number of nitrogens with two attached hydrogens (primary N) is 2. The molecule has 0 radical (unpaired) electrons. The van der Waals surface area contributed by atoms with Crippen LogP contribution in [0.25, 0.3) is 0 Å². The Labute approximate surface area is 85.5 Å². The number of guanidine groups is 1. The fraction of sp³-hybridized carbons (Fsp3) is 0.778. The van der Waals surface area contributed by atoms with Crippen LogP contribution in [-0.4, -0.2) is 24.9 Å². The van der Waals surface area contributed by atoms with E-state index in [2.05, 4.69) is 17.2 Å². The zero-order valence-corrected chi connectivity index (χ0v) is 8.84. The zero-order chi connectivity index (χ0) is 10.8. The molecule has 0 saturated heterocycles. The van der Waals surface area contributed by atoms with Crippen LogP contribution in [0.5, 0.6) is 0 Å². The van der Waals surface area contributed by atoms with E-state index < -0.39 is 0 Å². The SMILES string of the molecule is CCCCCCN=C(N)CNC(=N)N. The fourth-order valence-electron chi connectivity index (χ4n) is 1.00. The Balaban J connectivity index is 3.41. The topological polar surface area (TPSA) is 100 Å². The number of nitrogens with zero attached hydrogens (tertiary/aromatic N) is 1. The first kappa shape index (κ1) is 12.7. The summed E-state index contributed by atoms with van der Waals surface area (Å²) in [7, 11) is 0. The van der Waals surface area contributed by atoms with Gasteiger partial charge in [-0.1, -0.05) is 26.2 Å². The van der Waals surface area contributed by atoms with Crippen molar-refractivity contribution in [2.45, 2.75) is 32.6 Å². The second-order valence-corrected chi connectivity index (χ2v) is 3.20. The lowest BCUT2D eigenvalue weighted by atomic mass is 10.2. The van der Waals surface area contributed by atoms with Crippen LogP contribution in [0.3, 0.4) is 0 Å². The average Bonchev–Trinajstić information content (AvgIpc) is 2.14. The quantitative estimate of drug-likeness (QED) is 0.271. The largest absolute Gasteiger partial charge is 0.386 e. The molecule has 0 rings (SSSR count). The predicted molar refractivity (Wildman–Crippen MR) is 60.5 cm³/mol. The summed E-state index contributed by atoms with van der Waals surface area (Å²) in [5.41, 5.74) is 10.7. The summed E-state index contributed by atoms with van der Waals surface area (Å²) in [6.45, 7) is 3.31. The zero-order valence-electron chi connectivity index (χ0n) is 8.84. The first-order valence-corrected chi connectivity index (χ1v) is 5.03. The van der Waals surface area contributed by atoms with Gasteiger partial charge in [-0.05, 0) is 6.42 Å². The van der Waals surface area contributed by atoms with E-state index in [9.17, 15) is 0 Å². The van der Waals surface area contributed by atoms with E-state index in [0.717, 1.165) is 13.0 Å². The van der Waals surface area contributed by atoms with E-state index in [4.69, 9.17) is 16.9 Å². The number of aliphatic imine (C=N–C) groups is 1. The lowest BCUT2D eigenvalue weighted by Crippen LogP contribution is -2.37. The van der Waals surface area contributed by atoms with E-state index >= 15 is 0 Å². The van der Waals surface area contributed by atoms with Crippen molar-refractivity contribution < 1.29 is 0 Å². The van der Waals surface area contributed by atoms with Crippen molar-refractivity contribution in [3.05, 3.63) is 0 Å². The fourth-order valence-corrected chi connectivity index (χ4v) is 1.00. The molecule has 6 N–H and O–H groups in total. The molecule has 14 heavy (non-hydrogen) atoms. The van der Waals surface area contributed by atoms with Gasteiger partial charge in [0, 0.05) is 6.54 Å². The number of rotatable bonds is 7. The Morgan fingerprint density at radius 1 is 1.29 bits per heavy atom. The van der Waals surface area contributed by atoms with Crippen LogP contribution in [0.1, 0.15) is 32.6 Å². The first-order chi connectivity index (χ1) is 6.66. The summed E-state index contributed by atoms with van der Waals surface area (Å²) in [4.78, 5) is 4.15. The lowest BCUT2D eigenvalue weighted by molar-refractivity contribution is 0.674. The average molecular weight is 199 g/mol. The van der Waals surface area contributed by atoms with Crippen molar-refractivity contribution in [1.29, 1.82) is 5.41 Å². The van der Waals surface area contributed by atoms with Gasteiger partial charge in [-0.2, -0.15) is 0 Å². The Morgan fingerprint density at radius 3 is 2.57 bits per heavy atom. The summed E-state index contributed by atoms with van der Waals surface area (Å²) in [6.07, 6.45) is 4.76. The summed E-state index contributed by atoms with van der Waals surface area (Å²) >= 11 is 0. The minimum Gasteiger partial charge on any atom is -0.386 e. The van der Waals surface area contributed by atoms with Gasteiger partial charge in [-0.25, -0.2) is 0 Å². The van der Waals surface area contributed by atoms with Gasteiger partial charge in [-0.15, -0.1) is 0 Å². The molecule has 0 atom stereocenters. The van der Waals surface area contributed by atoms with Crippen LogP contribution in [-0.2, 0) is 0 Å². The first-order valence-electron chi connectivity index (χ1n) is 5.03. The maximum Gasteiger partial charge on any atom is 0.186 e. The minimum atomic E-state index is -0.0749. The predicted octanol–water partition coefficient (Wildman–Crippen LogP) is 0.407. The molecule has 0 bridgehead atoms. The highest BCUT2D eigenvalue weighted by molar-refractivity contribution is 5.86. The molecule has 0 amide bonds. The minimum absolute atomic E-state index is 0.0749. The number of unbranched alkanes of at least 4 members (excludes halogenated alkanes) is 3. The summed E-state index contributed by atoms with van der Waals surface area (Å²) < 4.78 is 0. The van der Waals surface area contributed by atoms with Crippen LogP contribution < -0.4 is 16.8 Å². The van der Waals surface area contributed by atoms with Crippen LogP contribution in [0.2, 0.25) is 0 Å². The van der Waals surface area contributed by atoms with Gasteiger partial charge in [0.05, 0.1) is 6.54 Å². The molecule has 82 valence electrons. The summed E-state index contributed by atoms with van der Waals surface area (Å²) in [5, 5.41) is 9.51. The molecule has 0 aliphatic carbocycles. The monoisotopic (exact) mass is 199 g/mol. The lowest BCUT2D eigenvalue weighted by Gasteiger charge is -2.02. The van der Waals surface area contributed by atoms with Gasteiger partial charge < -0.3 is 16.8 Å². The maximum atomic E-state index is 6.91. The van der Waals surface area contributed by atoms with Crippen molar-refractivity contribution in [2.75, 3.05) is 13.1 Å². The highest BCUT2D eigenvalue weighted by Crippen LogP contribution is 1.98. The molecule has 0 aromatic heterocycles. The molecule has 5 heteroatoms. The van der Waals surface area contributed by atoms with Crippen molar-refractivity contribution in [3.63, 3.8) is 0 Å². The van der Waals surface area contributed by atoms with Crippen molar-refractivity contribution >= 4 is 11.8 Å². The molecule has 0 fully saturated rings. The Morgan fingerprint density at radius 2 is 2.00 bits per heavy atom. The van der Waals surface area contributed by atoms with Crippen LogP contribution in [0.4, 0.5) is 0 Å². The molecule has 5 nitrogen and oxygen atoms in total. The third-order valence-corrected chi connectivity index (χ3v) is 1.79. The third kappa shape index (κ3) is 8.83. The molecular weight excluding hydrogens is 178 g/mol. The van der Waals surface area contributed by atoms with Gasteiger partial charge in [0.15, 0.2) is 5.96 Å². The van der Waals surface area contributed by atoms with E-state index in [0.29, 0.717) is 12.4 Å². The Hall–Kier alpha value is -1.26. The normalized spacial score (nSPS) is 11.4. The molecular formula is C9H21N5. The van der Waals surface area contributed by atoms with Crippen LogP contribution >= 0.6 is 0 Å². The number of hydrogen-bond donors (Lipinski definition) is 4. The summed E-state index contributed by atoms with van der Waals surface area (Å²) in [6, 6.07) is 0. The van der Waals surface area contributed by atoms with E-state index in [-0.39, 0.29) is 5.96 Å². The molecule has 0 spiro atoms. The highest BCUT2D eigenvalue weighted by Gasteiger charge is 1.92. The molecule has 0 heterocycles. The number of nitrogens with one attached hydrogen (secondary N) is 2. The van der Waals surface area contributed by atoms with Gasteiger partial charge in [0.2, 0.25) is 0 Å². The van der Waals surface area contributed by atoms with Crippen molar-refractivity contribution in [2.24, 2.45) is 16.5 Å². The number of amidine groups is 1. The Kier molecular flexibility index (Phi) is 7.59. The molecule has 0 aromatic rings. The smallest absolute Gasteiger partial charge is 0.186 e. The van der Waals surface area contributed by atoms with Crippen LogP contribution in [0.15, 0.2) is 4.99 Å². The van der Waals surface area contributed by atoms with E-state index in [1.165, 1.54) is 19.3 Å². The molecule has 0 unspecified atom stereocenters. The van der Waals surface area contributed by atoms with E-state index in [1.807, 2.05) is 0 Å². The van der Waals surface area contributed by atoms with Gasteiger partial charge in [-0.3, -0.25) is 10.4 Å². The van der Waals surface area contributed by atoms with E-state index in [1.54, 1.807) is 0 Å². The third-order valence-electron chi connectivity index (χ3n) is 1.79. The highest BCUT2D eigenvalue weighted by atomic mass is 15.1. The second-order valence-electron chi connectivity index (χ2n) is 3.20. The standard InChI is InChI=1S/C9H21N5/c1-2-3-4-5-6-13-8(10)7-14-9(11)12/h2-7H2,1H3,(H2,10,13)(H4,11,12,14). The summed E-state index contributed by atoms with van der Waals surface area (Å²) in [5.74, 6) is 0.436. The molecule has 0 aliphatic rings. The molecule has 0 aliphatic heterocycles. The second kappa shape index (κ2) is 8.34. The molecule has 0 aromatic carbocycles. The van der Waals surface area contributed by atoms with Gasteiger partial charge in [0.25, 0.3) is 0 Å². The van der Waals surface area contributed by atoms with Gasteiger partial charge in [0.1, 0.15) is 5.84 Å². The van der Waals surface area contributed by atoms with Crippen molar-refractivity contribution in [1.82, 2.24) is 5.32 Å². The molecule has 0 saturated carbocycles. The van der Waals surface area contributed by atoms with Crippen molar-refractivity contribution in [3.8, 4) is 0 Å². The van der Waals surface area contributed by atoms with Crippen LogP contribution in [0, 0.1) is 5.41 Å². The van der Waals surface area contributed by atoms with Gasteiger partial charge >= 0.3 is 0 Å².